The van der Waals surface area contributed by atoms with Gasteiger partial charge in [-0.1, -0.05) is 12.1 Å². The van der Waals surface area contributed by atoms with E-state index in [1.54, 1.807) is 23.5 Å². The highest BCUT2D eigenvalue weighted by Gasteiger charge is 1.89. The van der Waals surface area contributed by atoms with E-state index >= 15 is 0 Å². The van der Waals surface area contributed by atoms with Gasteiger partial charge in [-0.25, -0.2) is 4.98 Å². The number of thiazole rings is 1. The van der Waals surface area contributed by atoms with E-state index in [2.05, 4.69) is 11.1 Å². The SMILES string of the molecule is Oc1cccs1.c1ccc2scnc2c1. The van der Waals surface area contributed by atoms with Crippen LogP contribution in [-0.2, 0) is 0 Å². The lowest BCUT2D eigenvalue weighted by Gasteiger charge is -1.80. The molecule has 2 aromatic heterocycles. The Balaban J connectivity index is 0.000000124. The maximum atomic E-state index is 8.49. The average molecular weight is 235 g/mol. The number of fused-ring (bicyclic) bond motifs is 1. The number of aromatic nitrogens is 1. The van der Waals surface area contributed by atoms with Crippen molar-refractivity contribution in [2.24, 2.45) is 0 Å². The van der Waals surface area contributed by atoms with Gasteiger partial charge in [0.05, 0.1) is 15.7 Å². The van der Waals surface area contributed by atoms with Crippen LogP contribution in [-0.4, -0.2) is 10.1 Å². The fraction of sp³-hybridized carbons (Fsp3) is 0. The van der Waals surface area contributed by atoms with Crippen LogP contribution in [0, 0.1) is 0 Å². The molecule has 15 heavy (non-hydrogen) atoms. The molecule has 0 aliphatic rings. The largest absolute Gasteiger partial charge is 0.499 e. The molecule has 4 heteroatoms. The molecule has 0 fully saturated rings. The monoisotopic (exact) mass is 235 g/mol. The van der Waals surface area contributed by atoms with Crippen molar-refractivity contribution in [2.75, 3.05) is 0 Å². The molecule has 3 rings (SSSR count). The van der Waals surface area contributed by atoms with Gasteiger partial charge in [-0.2, -0.15) is 0 Å². The molecule has 0 aliphatic heterocycles. The first kappa shape index (κ1) is 10.1. The van der Waals surface area contributed by atoms with E-state index in [1.165, 1.54) is 16.0 Å². The standard InChI is InChI=1S/C7H5NS.C4H4OS/c1-2-4-7-6(3-1)8-5-9-7;5-4-2-1-3-6-4/h1-5H;1-3,5H. The van der Waals surface area contributed by atoms with Gasteiger partial charge in [-0.05, 0) is 29.6 Å². The van der Waals surface area contributed by atoms with Gasteiger partial charge in [0.2, 0.25) is 0 Å². The first-order valence-electron chi connectivity index (χ1n) is 4.37. The lowest BCUT2D eigenvalue weighted by molar-refractivity contribution is 0.491. The molecule has 0 amide bonds. The van der Waals surface area contributed by atoms with E-state index in [9.17, 15) is 0 Å². The van der Waals surface area contributed by atoms with Gasteiger partial charge in [-0.15, -0.1) is 22.7 Å². The molecule has 0 saturated heterocycles. The number of hydrogen-bond donors (Lipinski definition) is 1. The third-order valence-electron chi connectivity index (χ3n) is 1.74. The second kappa shape index (κ2) is 4.91. The van der Waals surface area contributed by atoms with Crippen molar-refractivity contribution in [3.63, 3.8) is 0 Å². The van der Waals surface area contributed by atoms with Gasteiger partial charge in [0.1, 0.15) is 0 Å². The van der Waals surface area contributed by atoms with Crippen LogP contribution in [0.3, 0.4) is 0 Å². The maximum absolute atomic E-state index is 8.49. The third-order valence-corrected chi connectivity index (χ3v) is 3.22. The molecule has 3 aromatic rings. The Morgan fingerprint density at radius 3 is 2.47 bits per heavy atom. The highest BCUT2D eigenvalue weighted by Crippen LogP contribution is 2.15. The van der Waals surface area contributed by atoms with Crippen molar-refractivity contribution < 1.29 is 5.11 Å². The van der Waals surface area contributed by atoms with E-state index < -0.39 is 0 Å². The van der Waals surface area contributed by atoms with Crippen LogP contribution >= 0.6 is 22.7 Å². The lowest BCUT2D eigenvalue weighted by Crippen LogP contribution is -1.61. The first-order chi connectivity index (χ1) is 7.36. The van der Waals surface area contributed by atoms with E-state index in [1.807, 2.05) is 29.1 Å². The van der Waals surface area contributed by atoms with E-state index in [-0.39, 0.29) is 0 Å². The number of rotatable bonds is 0. The quantitative estimate of drug-likeness (QED) is 0.643. The summed E-state index contributed by atoms with van der Waals surface area (Å²) in [6, 6.07) is 11.6. The third kappa shape index (κ3) is 2.78. The van der Waals surface area contributed by atoms with Gasteiger partial charge in [0, 0.05) is 0 Å². The van der Waals surface area contributed by atoms with Crippen molar-refractivity contribution >= 4 is 32.9 Å². The highest BCUT2D eigenvalue weighted by molar-refractivity contribution is 7.16. The summed E-state index contributed by atoms with van der Waals surface area (Å²) in [5.41, 5.74) is 2.97. The van der Waals surface area contributed by atoms with Crippen LogP contribution in [0.5, 0.6) is 5.06 Å². The van der Waals surface area contributed by atoms with E-state index in [4.69, 9.17) is 5.11 Å². The fourth-order valence-electron chi connectivity index (χ4n) is 1.07. The molecule has 0 aliphatic carbocycles. The number of benzene rings is 1. The second-order valence-corrected chi connectivity index (χ2v) is 4.58. The van der Waals surface area contributed by atoms with Crippen LogP contribution in [0.2, 0.25) is 0 Å². The lowest BCUT2D eigenvalue weighted by atomic mass is 10.3. The number of aromatic hydroxyl groups is 1. The molecule has 2 nitrogen and oxygen atoms in total. The number of hydrogen-bond acceptors (Lipinski definition) is 4. The zero-order valence-corrected chi connectivity index (χ0v) is 9.46. The number of thiophene rings is 1. The summed E-state index contributed by atoms with van der Waals surface area (Å²) in [5, 5.41) is 10.7. The smallest absolute Gasteiger partial charge is 0.171 e. The van der Waals surface area contributed by atoms with Gasteiger partial charge >= 0.3 is 0 Å². The molecule has 0 atom stereocenters. The Labute approximate surface area is 95.5 Å². The summed E-state index contributed by atoms with van der Waals surface area (Å²) >= 11 is 3.01. The first-order valence-corrected chi connectivity index (χ1v) is 6.13. The molecule has 2 heterocycles. The summed E-state index contributed by atoms with van der Waals surface area (Å²) in [7, 11) is 0. The minimum absolute atomic E-state index is 0.384. The Hall–Kier alpha value is -1.39. The number of para-hydroxylation sites is 1. The van der Waals surface area contributed by atoms with E-state index in [0.29, 0.717) is 5.06 Å². The molecule has 0 spiro atoms. The van der Waals surface area contributed by atoms with Crippen molar-refractivity contribution in [3.05, 3.63) is 47.3 Å². The van der Waals surface area contributed by atoms with Gasteiger partial charge in [-0.3, -0.25) is 0 Å². The summed E-state index contributed by atoms with van der Waals surface area (Å²) in [6.07, 6.45) is 0. The zero-order chi connectivity index (χ0) is 10.5. The van der Waals surface area contributed by atoms with Crippen LogP contribution in [0.15, 0.2) is 47.3 Å². The van der Waals surface area contributed by atoms with Crippen LogP contribution in [0.1, 0.15) is 0 Å². The predicted molar refractivity (Wildman–Crippen MR) is 65.6 cm³/mol. The normalized spacial score (nSPS) is 9.60. The van der Waals surface area contributed by atoms with Crippen molar-refractivity contribution in [1.29, 1.82) is 0 Å². The van der Waals surface area contributed by atoms with Crippen LogP contribution < -0.4 is 0 Å². The van der Waals surface area contributed by atoms with Gasteiger partial charge in [0.25, 0.3) is 0 Å². The van der Waals surface area contributed by atoms with E-state index in [0.717, 1.165) is 5.52 Å². The highest BCUT2D eigenvalue weighted by atomic mass is 32.1. The molecule has 1 aromatic carbocycles. The predicted octanol–water partition coefficient (Wildman–Crippen LogP) is 3.75. The Morgan fingerprint density at radius 1 is 1.00 bits per heavy atom. The van der Waals surface area contributed by atoms with Crippen molar-refractivity contribution in [3.8, 4) is 5.06 Å². The Kier molecular flexibility index (Phi) is 3.32. The fourth-order valence-corrected chi connectivity index (χ4v) is 2.21. The summed E-state index contributed by atoms with van der Waals surface area (Å²) in [5.74, 6) is 0. The van der Waals surface area contributed by atoms with Gasteiger partial charge < -0.3 is 5.11 Å². The van der Waals surface area contributed by atoms with Gasteiger partial charge in [0.15, 0.2) is 5.06 Å². The summed E-state index contributed by atoms with van der Waals surface area (Å²) in [6.45, 7) is 0. The Bertz CT molecular complexity index is 486. The molecule has 1 N–H and O–H groups in total. The minimum atomic E-state index is 0.384. The van der Waals surface area contributed by atoms with Crippen molar-refractivity contribution in [2.45, 2.75) is 0 Å². The molecular weight excluding hydrogens is 226 g/mol. The van der Waals surface area contributed by atoms with Crippen LogP contribution in [0.4, 0.5) is 0 Å². The molecule has 76 valence electrons. The second-order valence-electron chi connectivity index (χ2n) is 2.77. The average Bonchev–Trinajstić information content (AvgIpc) is 2.88. The molecule has 0 bridgehead atoms. The molecule has 0 radical (unpaired) electrons. The maximum Gasteiger partial charge on any atom is 0.171 e. The molecule has 0 unspecified atom stereocenters. The Morgan fingerprint density at radius 2 is 1.87 bits per heavy atom. The number of nitrogens with zero attached hydrogens (tertiary/aromatic N) is 1. The topological polar surface area (TPSA) is 33.1 Å². The summed E-state index contributed by atoms with van der Waals surface area (Å²) in [4.78, 5) is 4.14. The zero-order valence-electron chi connectivity index (χ0n) is 7.83. The van der Waals surface area contributed by atoms with Crippen LogP contribution in [0.25, 0.3) is 10.2 Å². The summed E-state index contributed by atoms with van der Waals surface area (Å²) < 4.78 is 1.26. The van der Waals surface area contributed by atoms with Crippen molar-refractivity contribution in [1.82, 2.24) is 4.98 Å². The molecule has 0 saturated carbocycles. The molecular formula is C11H9NOS2. The minimum Gasteiger partial charge on any atom is -0.499 e.